The molecule has 0 unspecified atom stereocenters. The zero-order valence-electron chi connectivity index (χ0n) is 15.1. The summed E-state index contributed by atoms with van der Waals surface area (Å²) in [5, 5.41) is 9.80. The van der Waals surface area contributed by atoms with Gasteiger partial charge in [0.2, 0.25) is 5.91 Å². The Morgan fingerprint density at radius 1 is 1.12 bits per heavy atom. The number of guanidine groups is 1. The molecule has 2 rings (SSSR count). The third-order valence-corrected chi connectivity index (χ3v) is 4.44. The van der Waals surface area contributed by atoms with Crippen molar-refractivity contribution >= 4 is 35.8 Å². The van der Waals surface area contributed by atoms with Gasteiger partial charge in [0, 0.05) is 38.1 Å². The number of aliphatic imine (C=N–C) groups is 1. The van der Waals surface area contributed by atoms with E-state index in [0.29, 0.717) is 19.1 Å². The summed E-state index contributed by atoms with van der Waals surface area (Å²) in [6.07, 6.45) is 5.67. The van der Waals surface area contributed by atoms with Gasteiger partial charge in [-0.3, -0.25) is 9.79 Å². The van der Waals surface area contributed by atoms with E-state index in [2.05, 4.69) is 39.7 Å². The predicted octanol–water partition coefficient (Wildman–Crippen LogP) is 1.56. The van der Waals surface area contributed by atoms with Gasteiger partial charge in [0.25, 0.3) is 0 Å². The third-order valence-electron chi connectivity index (χ3n) is 4.44. The number of hydrogen-bond acceptors (Lipinski definition) is 3. The molecule has 24 heavy (non-hydrogen) atoms. The number of carbonyl (C=O) groups excluding carboxylic acids is 1. The fraction of sp³-hybridized carbons (Fsp3) is 0.882. The topological polar surface area (TPSA) is 68.8 Å². The van der Waals surface area contributed by atoms with Crippen LogP contribution >= 0.6 is 24.0 Å². The molecule has 1 saturated carbocycles. The van der Waals surface area contributed by atoms with Crippen molar-refractivity contribution in [2.24, 2.45) is 10.9 Å². The predicted molar refractivity (Wildman–Crippen MR) is 110 cm³/mol. The van der Waals surface area contributed by atoms with E-state index in [0.717, 1.165) is 25.3 Å². The summed E-state index contributed by atoms with van der Waals surface area (Å²) in [5.41, 5.74) is 0. The summed E-state index contributed by atoms with van der Waals surface area (Å²) < 4.78 is 0. The van der Waals surface area contributed by atoms with E-state index < -0.39 is 0 Å². The molecule has 0 aromatic rings. The standard InChI is InChI=1S/C17H33N5O.HI/c1-3-11-22-12-7-15(8-13-22)21-17(18-4-2)20-10-9-19-16(23)14-5-6-14;/h14-15H,3-13H2,1-2H3,(H,19,23)(H2,18,20,21);1H. The molecule has 0 atom stereocenters. The van der Waals surface area contributed by atoms with E-state index in [1.54, 1.807) is 0 Å². The van der Waals surface area contributed by atoms with Crippen LogP contribution in [0.1, 0.15) is 46.0 Å². The summed E-state index contributed by atoms with van der Waals surface area (Å²) in [6, 6.07) is 0.502. The molecule has 2 fully saturated rings. The Labute approximate surface area is 163 Å². The SMILES string of the molecule is CCCN1CCC(NC(=NCCNC(=O)C2CC2)NCC)CC1.I. The molecule has 6 nitrogen and oxygen atoms in total. The lowest BCUT2D eigenvalue weighted by Gasteiger charge is -2.32. The number of nitrogens with zero attached hydrogens (tertiary/aromatic N) is 2. The third kappa shape index (κ3) is 8.00. The molecule has 2 aliphatic rings. The van der Waals surface area contributed by atoms with Gasteiger partial charge < -0.3 is 20.9 Å². The molecule has 0 aromatic heterocycles. The number of carbonyl (C=O) groups is 1. The van der Waals surface area contributed by atoms with E-state index in [9.17, 15) is 4.79 Å². The number of rotatable bonds is 8. The Balaban J connectivity index is 0.00000288. The fourth-order valence-corrected chi connectivity index (χ4v) is 2.97. The van der Waals surface area contributed by atoms with Crippen LogP contribution in [0.4, 0.5) is 0 Å². The highest BCUT2D eigenvalue weighted by Crippen LogP contribution is 2.28. The minimum Gasteiger partial charge on any atom is -0.357 e. The second-order valence-corrected chi connectivity index (χ2v) is 6.59. The summed E-state index contributed by atoms with van der Waals surface area (Å²) in [6.45, 7) is 9.97. The van der Waals surface area contributed by atoms with Crippen LogP contribution in [0.25, 0.3) is 0 Å². The number of hydrogen-bond donors (Lipinski definition) is 3. The van der Waals surface area contributed by atoms with Gasteiger partial charge >= 0.3 is 0 Å². The van der Waals surface area contributed by atoms with Crippen molar-refractivity contribution in [2.45, 2.75) is 52.0 Å². The van der Waals surface area contributed by atoms with E-state index in [-0.39, 0.29) is 35.8 Å². The molecule has 1 saturated heterocycles. The van der Waals surface area contributed by atoms with Crippen LogP contribution < -0.4 is 16.0 Å². The molecule has 7 heteroatoms. The van der Waals surface area contributed by atoms with Crippen LogP contribution in [0.3, 0.4) is 0 Å². The average Bonchev–Trinajstić information content (AvgIpc) is 3.38. The number of halogens is 1. The Morgan fingerprint density at radius 3 is 2.42 bits per heavy atom. The first-order valence-corrected chi connectivity index (χ1v) is 9.27. The van der Waals surface area contributed by atoms with Gasteiger partial charge in [0.1, 0.15) is 0 Å². The molecule has 0 spiro atoms. The van der Waals surface area contributed by atoms with E-state index in [1.165, 1.54) is 38.9 Å². The van der Waals surface area contributed by atoms with Crippen molar-refractivity contribution < 1.29 is 4.79 Å². The van der Waals surface area contributed by atoms with Gasteiger partial charge in [0.15, 0.2) is 5.96 Å². The normalized spacial score (nSPS) is 19.5. The Hall–Kier alpha value is -0.570. The van der Waals surface area contributed by atoms with Crippen molar-refractivity contribution in [3.8, 4) is 0 Å². The lowest BCUT2D eigenvalue weighted by molar-refractivity contribution is -0.122. The van der Waals surface area contributed by atoms with Crippen LogP contribution in [0, 0.1) is 5.92 Å². The van der Waals surface area contributed by atoms with Crippen LogP contribution in [-0.4, -0.2) is 62.1 Å². The molecule has 3 N–H and O–H groups in total. The summed E-state index contributed by atoms with van der Waals surface area (Å²) in [5.74, 6) is 1.35. The first-order chi connectivity index (χ1) is 11.2. The van der Waals surface area contributed by atoms with Crippen molar-refractivity contribution in [1.29, 1.82) is 0 Å². The molecule has 0 bridgehead atoms. The van der Waals surface area contributed by atoms with E-state index in [4.69, 9.17) is 0 Å². The molecule has 140 valence electrons. The Kier molecular flexibility index (Phi) is 10.6. The monoisotopic (exact) mass is 451 g/mol. The Bertz CT molecular complexity index is 392. The highest BCUT2D eigenvalue weighted by Gasteiger charge is 2.29. The van der Waals surface area contributed by atoms with Crippen molar-refractivity contribution in [3.05, 3.63) is 0 Å². The zero-order valence-corrected chi connectivity index (χ0v) is 17.5. The molecule has 1 aliphatic heterocycles. The molecular weight excluding hydrogens is 417 g/mol. The lowest BCUT2D eigenvalue weighted by Crippen LogP contribution is -2.49. The van der Waals surface area contributed by atoms with Crippen molar-refractivity contribution in [3.63, 3.8) is 0 Å². The number of amides is 1. The van der Waals surface area contributed by atoms with Gasteiger partial charge in [-0.25, -0.2) is 0 Å². The smallest absolute Gasteiger partial charge is 0.223 e. The molecule has 1 amide bonds. The highest BCUT2D eigenvalue weighted by atomic mass is 127. The maximum atomic E-state index is 11.6. The summed E-state index contributed by atoms with van der Waals surface area (Å²) >= 11 is 0. The molecular formula is C17H34IN5O. The van der Waals surface area contributed by atoms with E-state index in [1.807, 2.05) is 0 Å². The summed E-state index contributed by atoms with van der Waals surface area (Å²) in [4.78, 5) is 18.7. The van der Waals surface area contributed by atoms with Crippen molar-refractivity contribution in [2.75, 3.05) is 39.3 Å². The van der Waals surface area contributed by atoms with Gasteiger partial charge in [-0.2, -0.15) is 0 Å². The minimum atomic E-state index is 0. The van der Waals surface area contributed by atoms with Crippen LogP contribution in [-0.2, 0) is 4.79 Å². The number of nitrogens with one attached hydrogen (secondary N) is 3. The quantitative estimate of drug-likeness (QED) is 0.227. The Morgan fingerprint density at radius 2 is 1.83 bits per heavy atom. The maximum absolute atomic E-state index is 11.6. The maximum Gasteiger partial charge on any atom is 0.223 e. The largest absolute Gasteiger partial charge is 0.357 e. The zero-order chi connectivity index (χ0) is 16.5. The second kappa shape index (κ2) is 11.9. The van der Waals surface area contributed by atoms with Crippen molar-refractivity contribution in [1.82, 2.24) is 20.9 Å². The highest BCUT2D eigenvalue weighted by molar-refractivity contribution is 14.0. The van der Waals surface area contributed by atoms with Gasteiger partial charge in [-0.15, -0.1) is 24.0 Å². The van der Waals surface area contributed by atoms with Crippen LogP contribution in [0.15, 0.2) is 4.99 Å². The fourth-order valence-electron chi connectivity index (χ4n) is 2.97. The lowest BCUT2D eigenvalue weighted by atomic mass is 10.1. The summed E-state index contributed by atoms with van der Waals surface area (Å²) in [7, 11) is 0. The van der Waals surface area contributed by atoms with E-state index >= 15 is 0 Å². The molecule has 0 aromatic carbocycles. The number of likely N-dealkylation sites (tertiary alicyclic amines) is 1. The molecule has 1 heterocycles. The van der Waals surface area contributed by atoms with Gasteiger partial charge in [-0.05, 0) is 45.6 Å². The van der Waals surface area contributed by atoms with Crippen LogP contribution in [0.2, 0.25) is 0 Å². The average molecular weight is 451 g/mol. The van der Waals surface area contributed by atoms with Crippen LogP contribution in [0.5, 0.6) is 0 Å². The number of piperidine rings is 1. The first kappa shape index (κ1) is 21.5. The second-order valence-electron chi connectivity index (χ2n) is 6.59. The molecule has 0 radical (unpaired) electrons. The van der Waals surface area contributed by atoms with Gasteiger partial charge in [-0.1, -0.05) is 6.92 Å². The van der Waals surface area contributed by atoms with Gasteiger partial charge in [0.05, 0.1) is 6.54 Å². The molecule has 1 aliphatic carbocycles. The minimum absolute atomic E-state index is 0. The first-order valence-electron chi connectivity index (χ1n) is 9.27.